The third-order valence-electron chi connectivity index (χ3n) is 6.40. The number of aromatic nitrogens is 1. The van der Waals surface area contributed by atoms with Crippen LogP contribution in [-0.4, -0.2) is 35.6 Å². The molecule has 192 valence electrons. The summed E-state index contributed by atoms with van der Waals surface area (Å²) >= 11 is 0. The second-order valence-electron chi connectivity index (χ2n) is 8.77. The van der Waals surface area contributed by atoms with Crippen molar-refractivity contribution in [3.05, 3.63) is 98.7 Å². The third-order valence-corrected chi connectivity index (χ3v) is 6.40. The Morgan fingerprint density at radius 1 is 1.14 bits per heavy atom. The number of benzene rings is 2. The quantitative estimate of drug-likeness (QED) is 0.528. The minimum atomic E-state index is -1.17. The summed E-state index contributed by atoms with van der Waals surface area (Å²) in [4.78, 5) is 39.5. The molecule has 2 atom stereocenters. The van der Waals surface area contributed by atoms with Gasteiger partial charge in [-0.1, -0.05) is 30.3 Å². The Hall–Kier alpha value is -4.12. The molecule has 0 aliphatic carbocycles. The molecule has 3 aromatic rings. The van der Waals surface area contributed by atoms with Gasteiger partial charge in [-0.3, -0.25) is 14.4 Å². The summed E-state index contributed by atoms with van der Waals surface area (Å²) in [6, 6.07) is 9.26. The van der Waals surface area contributed by atoms with Crippen LogP contribution in [0, 0.1) is 17.5 Å². The number of halogens is 3. The highest BCUT2D eigenvalue weighted by Crippen LogP contribution is 2.31. The molecular formula is C26H22F3N3O5. The second kappa shape index (κ2) is 10.1. The molecule has 11 heteroatoms. The number of nitrogens with one attached hydrogen (secondary N) is 2. The molecule has 8 nitrogen and oxygen atoms in total. The molecular weight excluding hydrogens is 491 g/mol. The van der Waals surface area contributed by atoms with Crippen molar-refractivity contribution in [3.63, 3.8) is 0 Å². The smallest absolute Gasteiger partial charge is 0.272 e. The molecule has 1 fully saturated rings. The molecule has 0 saturated carbocycles. The maximum atomic E-state index is 14.0. The molecule has 3 heterocycles. The average Bonchev–Trinajstić information content (AvgIpc) is 2.87. The molecule has 1 aromatic heterocycles. The maximum absolute atomic E-state index is 14.0. The summed E-state index contributed by atoms with van der Waals surface area (Å²) < 4.78 is 54.1. The summed E-state index contributed by atoms with van der Waals surface area (Å²) in [6.45, 7) is 0.00346. The first-order valence-electron chi connectivity index (χ1n) is 11.6. The normalized spacial score (nSPS) is 18.4. The molecule has 0 bridgehead atoms. The van der Waals surface area contributed by atoms with E-state index < -0.39 is 46.8 Å². The maximum Gasteiger partial charge on any atom is 0.272 e. The number of amides is 2. The standard InChI is InChI=1S/C26H22F3N3O5/c27-15-8-18(28)16(19(29)9-15)10-30-25(34)17-11-32-21-6-7-36-13-20(21)31-26(35)22(32)24(23(17)33)37-12-14-4-2-1-3-5-14/h1-5,8-9,11,20-21H,6-7,10,12-13H2,(H,30,34)(H,31,35). The monoisotopic (exact) mass is 513 g/mol. The van der Waals surface area contributed by atoms with E-state index >= 15 is 0 Å². The Morgan fingerprint density at radius 2 is 1.86 bits per heavy atom. The second-order valence-corrected chi connectivity index (χ2v) is 8.77. The van der Waals surface area contributed by atoms with Crippen LogP contribution >= 0.6 is 0 Å². The Labute approximate surface area is 209 Å². The summed E-state index contributed by atoms with van der Waals surface area (Å²) in [5, 5.41) is 5.15. The average molecular weight is 513 g/mol. The van der Waals surface area contributed by atoms with E-state index in [4.69, 9.17) is 9.47 Å². The molecule has 0 radical (unpaired) electrons. The lowest BCUT2D eigenvalue weighted by Crippen LogP contribution is -2.53. The predicted octanol–water partition coefficient (Wildman–Crippen LogP) is 2.85. The number of nitrogens with zero attached hydrogens (tertiary/aromatic N) is 1. The highest BCUT2D eigenvalue weighted by molar-refractivity contribution is 5.99. The summed E-state index contributed by atoms with van der Waals surface area (Å²) in [6.07, 6.45) is 1.77. The van der Waals surface area contributed by atoms with Crippen LogP contribution in [0.25, 0.3) is 0 Å². The van der Waals surface area contributed by atoms with Crippen LogP contribution in [0.2, 0.25) is 0 Å². The summed E-state index contributed by atoms with van der Waals surface area (Å²) in [7, 11) is 0. The summed E-state index contributed by atoms with van der Waals surface area (Å²) in [5.74, 6) is -5.22. The van der Waals surface area contributed by atoms with Crippen molar-refractivity contribution in [2.75, 3.05) is 13.2 Å². The minimum Gasteiger partial charge on any atom is -0.483 e. The number of pyridine rings is 1. The van der Waals surface area contributed by atoms with Crippen molar-refractivity contribution in [3.8, 4) is 5.75 Å². The van der Waals surface area contributed by atoms with Gasteiger partial charge >= 0.3 is 0 Å². The van der Waals surface area contributed by atoms with Gasteiger partial charge in [0.05, 0.1) is 18.7 Å². The van der Waals surface area contributed by atoms with Crippen molar-refractivity contribution < 1.29 is 32.2 Å². The van der Waals surface area contributed by atoms with Gasteiger partial charge in [0.2, 0.25) is 5.43 Å². The van der Waals surface area contributed by atoms with E-state index in [-0.39, 0.29) is 42.3 Å². The van der Waals surface area contributed by atoms with Gasteiger partial charge in [0.25, 0.3) is 11.8 Å². The van der Waals surface area contributed by atoms with Gasteiger partial charge in [-0.25, -0.2) is 13.2 Å². The lowest BCUT2D eigenvalue weighted by Gasteiger charge is -2.39. The van der Waals surface area contributed by atoms with Crippen LogP contribution in [0.4, 0.5) is 13.2 Å². The van der Waals surface area contributed by atoms with Gasteiger partial charge in [-0.05, 0) is 12.0 Å². The van der Waals surface area contributed by atoms with Crippen molar-refractivity contribution >= 4 is 11.8 Å². The molecule has 37 heavy (non-hydrogen) atoms. The molecule has 5 rings (SSSR count). The van der Waals surface area contributed by atoms with Crippen LogP contribution in [0.1, 0.15) is 44.4 Å². The molecule has 0 spiro atoms. The number of hydrogen-bond donors (Lipinski definition) is 2. The van der Waals surface area contributed by atoms with Gasteiger partial charge in [-0.2, -0.15) is 0 Å². The lowest BCUT2D eigenvalue weighted by molar-refractivity contribution is 0.0288. The van der Waals surface area contributed by atoms with Crippen LogP contribution < -0.4 is 20.8 Å². The van der Waals surface area contributed by atoms with Crippen LogP contribution in [0.3, 0.4) is 0 Å². The SMILES string of the molecule is O=C(NCc1c(F)cc(F)cc1F)c1cn2c(c(OCc3ccccc3)c1=O)C(=O)NC1COCCC12. The fourth-order valence-electron chi connectivity index (χ4n) is 4.56. The van der Waals surface area contributed by atoms with Crippen LogP contribution in [0.15, 0.2) is 53.5 Å². The fraction of sp³-hybridized carbons (Fsp3) is 0.269. The first-order chi connectivity index (χ1) is 17.8. The van der Waals surface area contributed by atoms with Gasteiger partial charge in [0.1, 0.15) is 29.6 Å². The summed E-state index contributed by atoms with van der Waals surface area (Å²) in [5.41, 5.74) is -1.05. The minimum absolute atomic E-state index is 0.0174. The Morgan fingerprint density at radius 3 is 2.59 bits per heavy atom. The van der Waals surface area contributed by atoms with Gasteiger partial charge in [0, 0.05) is 37.0 Å². The van der Waals surface area contributed by atoms with Crippen LogP contribution in [-0.2, 0) is 17.9 Å². The van der Waals surface area contributed by atoms with Crippen molar-refractivity contribution in [1.29, 1.82) is 0 Å². The molecule has 2 unspecified atom stereocenters. The fourth-order valence-corrected chi connectivity index (χ4v) is 4.56. The third kappa shape index (κ3) is 4.82. The number of carbonyl (C=O) groups is 2. The van der Waals surface area contributed by atoms with Crippen molar-refractivity contribution in [2.45, 2.75) is 31.7 Å². The predicted molar refractivity (Wildman–Crippen MR) is 125 cm³/mol. The topological polar surface area (TPSA) is 98.7 Å². The lowest BCUT2D eigenvalue weighted by atomic mass is 9.98. The Balaban J connectivity index is 1.52. The molecule has 2 amide bonds. The van der Waals surface area contributed by atoms with Crippen molar-refractivity contribution in [2.24, 2.45) is 0 Å². The number of hydrogen-bond acceptors (Lipinski definition) is 5. The van der Waals surface area contributed by atoms with Gasteiger partial charge in [0.15, 0.2) is 11.4 Å². The zero-order valence-electron chi connectivity index (χ0n) is 19.4. The first-order valence-corrected chi connectivity index (χ1v) is 11.6. The van der Waals surface area contributed by atoms with E-state index in [1.165, 1.54) is 6.20 Å². The zero-order valence-corrected chi connectivity index (χ0v) is 19.4. The molecule has 2 N–H and O–H groups in total. The Bertz CT molecular complexity index is 1400. The van der Waals surface area contributed by atoms with Crippen LogP contribution in [0.5, 0.6) is 5.75 Å². The molecule has 2 aliphatic rings. The number of fused-ring (bicyclic) bond motifs is 3. The number of rotatable bonds is 6. The van der Waals surface area contributed by atoms with E-state index in [1.54, 1.807) is 28.8 Å². The zero-order chi connectivity index (χ0) is 26.1. The largest absolute Gasteiger partial charge is 0.483 e. The van der Waals surface area contributed by atoms with E-state index in [1.807, 2.05) is 6.07 Å². The highest BCUT2D eigenvalue weighted by atomic mass is 19.1. The molecule has 1 saturated heterocycles. The molecule has 2 aliphatic heterocycles. The van der Waals surface area contributed by atoms with E-state index in [0.29, 0.717) is 25.2 Å². The first kappa shape index (κ1) is 24.6. The van der Waals surface area contributed by atoms with Gasteiger partial charge in [-0.15, -0.1) is 0 Å². The van der Waals surface area contributed by atoms with E-state index in [2.05, 4.69) is 10.6 Å². The van der Waals surface area contributed by atoms with Crippen molar-refractivity contribution in [1.82, 2.24) is 15.2 Å². The van der Waals surface area contributed by atoms with E-state index in [9.17, 15) is 27.6 Å². The highest BCUT2D eigenvalue weighted by Gasteiger charge is 2.39. The number of ether oxygens (including phenoxy) is 2. The number of carbonyl (C=O) groups excluding carboxylic acids is 2. The Kier molecular flexibility index (Phi) is 6.70. The van der Waals surface area contributed by atoms with E-state index in [0.717, 1.165) is 5.56 Å². The molecule has 2 aromatic carbocycles. The van der Waals surface area contributed by atoms with Gasteiger partial charge < -0.3 is 24.7 Å².